The van der Waals surface area contributed by atoms with Crippen LogP contribution in [0.3, 0.4) is 0 Å². The highest BCUT2D eigenvalue weighted by Gasteiger charge is 2.27. The number of hydrogen-bond acceptors (Lipinski definition) is 5. The maximum atomic E-state index is 13.1. The van der Waals surface area contributed by atoms with Crippen LogP contribution in [0.15, 0.2) is 36.4 Å². The number of aliphatic hydroxyl groups is 1. The molecule has 2 aromatic rings. The summed E-state index contributed by atoms with van der Waals surface area (Å²) in [6.45, 7) is 6.24. The number of benzene rings is 2. The number of hydrogen-bond donors (Lipinski definition) is 2. The van der Waals surface area contributed by atoms with Crippen molar-refractivity contribution in [2.24, 2.45) is 0 Å². The fourth-order valence-corrected chi connectivity index (χ4v) is 4.17. The van der Waals surface area contributed by atoms with Crippen LogP contribution in [0, 0.1) is 19.7 Å². The number of aliphatic carboxylic acids is 1. The summed E-state index contributed by atoms with van der Waals surface area (Å²) >= 11 is 0. The second-order valence-corrected chi connectivity index (χ2v) is 8.66. The van der Waals surface area contributed by atoms with Crippen LogP contribution in [0.1, 0.15) is 41.5 Å². The molecule has 8 heteroatoms. The third kappa shape index (κ3) is 7.48. The summed E-state index contributed by atoms with van der Waals surface area (Å²) in [6, 6.07) is 10.0. The number of rotatable bonds is 11. The molecule has 6 nitrogen and oxygen atoms in total. The van der Waals surface area contributed by atoms with E-state index in [-0.39, 0.29) is 31.1 Å². The zero-order valence-electron chi connectivity index (χ0n) is 17.3. The maximum absolute atomic E-state index is 13.1. The molecule has 0 radical (unpaired) electrons. The SMILES string of the molecule is Cc1cc(C)c(C(C)CO[P+](=O)CC(O)CC(=O)O)c(OCc2ccc(F)cc2)c1. The smallest absolute Gasteiger partial charge is 0.489 e. The predicted octanol–water partition coefficient (Wildman–Crippen LogP) is 4.72. The molecule has 3 atom stereocenters. The van der Waals surface area contributed by atoms with E-state index in [2.05, 4.69) is 0 Å². The van der Waals surface area contributed by atoms with E-state index >= 15 is 0 Å². The summed E-state index contributed by atoms with van der Waals surface area (Å²) in [7, 11) is -2.19. The van der Waals surface area contributed by atoms with Gasteiger partial charge in [-0.2, -0.15) is 0 Å². The summed E-state index contributed by atoms with van der Waals surface area (Å²) in [4.78, 5) is 10.6. The Morgan fingerprint density at radius 1 is 1.20 bits per heavy atom. The van der Waals surface area contributed by atoms with E-state index in [9.17, 15) is 18.9 Å². The van der Waals surface area contributed by atoms with Crippen molar-refractivity contribution < 1.29 is 33.2 Å². The first-order valence-corrected chi connectivity index (χ1v) is 11.0. The number of halogens is 1. The summed E-state index contributed by atoms with van der Waals surface area (Å²) in [5, 5.41) is 18.3. The van der Waals surface area contributed by atoms with Crippen molar-refractivity contribution in [3.05, 3.63) is 64.5 Å². The fraction of sp³-hybridized carbons (Fsp3) is 0.409. The Morgan fingerprint density at radius 2 is 1.87 bits per heavy atom. The zero-order chi connectivity index (χ0) is 22.3. The quantitative estimate of drug-likeness (QED) is 0.494. The van der Waals surface area contributed by atoms with Crippen molar-refractivity contribution in [2.75, 3.05) is 12.8 Å². The van der Waals surface area contributed by atoms with Crippen molar-refractivity contribution >= 4 is 14.0 Å². The maximum Gasteiger partial charge on any atom is 0.510 e. The molecule has 0 spiro atoms. The van der Waals surface area contributed by atoms with E-state index in [0.717, 1.165) is 22.3 Å². The van der Waals surface area contributed by atoms with E-state index in [1.807, 2.05) is 32.9 Å². The highest BCUT2D eigenvalue weighted by Crippen LogP contribution is 2.34. The molecule has 0 aromatic heterocycles. The van der Waals surface area contributed by atoms with Gasteiger partial charge in [-0.25, -0.2) is 4.39 Å². The van der Waals surface area contributed by atoms with E-state index in [0.29, 0.717) is 5.75 Å². The highest BCUT2D eigenvalue weighted by molar-refractivity contribution is 7.39. The molecule has 0 saturated heterocycles. The van der Waals surface area contributed by atoms with Crippen LogP contribution >= 0.6 is 8.03 Å². The molecule has 30 heavy (non-hydrogen) atoms. The largest absolute Gasteiger partial charge is 0.510 e. The summed E-state index contributed by atoms with van der Waals surface area (Å²) < 4.78 is 36.5. The standard InChI is InChI=1S/C22H26FO6P/c1-14-8-15(2)22(16(3)11-29-30(27)13-19(24)10-21(25)26)20(9-14)28-12-17-4-6-18(23)7-5-17/h4-9,16,19,24H,10-13H2,1-3H3/p+1. The Balaban J connectivity index is 2.05. The van der Waals surface area contributed by atoms with Gasteiger partial charge in [-0.1, -0.05) is 25.1 Å². The normalized spacial score (nSPS) is 13.6. The van der Waals surface area contributed by atoms with E-state index < -0.39 is 26.5 Å². The number of aliphatic hydroxyl groups excluding tert-OH is 1. The summed E-state index contributed by atoms with van der Waals surface area (Å²) in [5.41, 5.74) is 3.78. The molecule has 0 aliphatic carbocycles. The van der Waals surface area contributed by atoms with Gasteiger partial charge in [0.05, 0.1) is 6.42 Å². The molecule has 0 heterocycles. The van der Waals surface area contributed by atoms with Crippen LogP contribution in [0.4, 0.5) is 4.39 Å². The lowest BCUT2D eigenvalue weighted by molar-refractivity contribution is -0.138. The average Bonchev–Trinajstić information content (AvgIpc) is 2.64. The minimum atomic E-state index is -2.19. The number of carboxylic acid groups (broad SMARTS) is 1. The van der Waals surface area contributed by atoms with E-state index in [1.54, 1.807) is 12.1 Å². The Morgan fingerprint density at radius 3 is 2.50 bits per heavy atom. The average molecular weight is 437 g/mol. The molecule has 3 unspecified atom stereocenters. The number of carbonyl (C=O) groups is 1. The molecule has 0 saturated carbocycles. The van der Waals surface area contributed by atoms with Gasteiger partial charge >= 0.3 is 14.0 Å². The van der Waals surface area contributed by atoms with Gasteiger partial charge < -0.3 is 14.9 Å². The van der Waals surface area contributed by atoms with Gasteiger partial charge in [0.1, 0.15) is 30.9 Å². The van der Waals surface area contributed by atoms with Gasteiger partial charge in [0, 0.05) is 11.5 Å². The van der Waals surface area contributed by atoms with E-state index in [4.69, 9.17) is 14.4 Å². The third-order valence-electron chi connectivity index (χ3n) is 4.53. The lowest BCUT2D eigenvalue weighted by Crippen LogP contribution is -2.16. The van der Waals surface area contributed by atoms with Crippen LogP contribution in [-0.4, -0.2) is 35.1 Å². The topological polar surface area (TPSA) is 93.1 Å². The number of ether oxygens (including phenoxy) is 1. The predicted molar refractivity (Wildman–Crippen MR) is 112 cm³/mol. The molecular formula is C22H27FO6P+. The molecule has 0 aliphatic rings. The van der Waals surface area contributed by atoms with Gasteiger partial charge in [-0.3, -0.25) is 4.79 Å². The molecule has 2 aromatic carbocycles. The fourth-order valence-electron chi connectivity index (χ4n) is 3.20. The monoisotopic (exact) mass is 437 g/mol. The van der Waals surface area contributed by atoms with Gasteiger partial charge in [0.25, 0.3) is 0 Å². The first-order valence-electron chi connectivity index (χ1n) is 9.61. The van der Waals surface area contributed by atoms with Crippen LogP contribution in [0.5, 0.6) is 5.75 Å². The molecular weight excluding hydrogens is 410 g/mol. The first kappa shape index (κ1) is 23.9. The molecule has 0 amide bonds. The van der Waals surface area contributed by atoms with Crippen LogP contribution < -0.4 is 4.74 Å². The summed E-state index contributed by atoms with van der Waals surface area (Å²) in [5.74, 6) is -0.935. The van der Waals surface area contributed by atoms with Crippen LogP contribution in [0.25, 0.3) is 0 Å². The second kappa shape index (κ2) is 11.2. The van der Waals surface area contributed by atoms with Crippen molar-refractivity contribution in [1.82, 2.24) is 0 Å². The van der Waals surface area contributed by atoms with Crippen molar-refractivity contribution in [2.45, 2.75) is 45.8 Å². The summed E-state index contributed by atoms with van der Waals surface area (Å²) in [6.07, 6.45) is -1.91. The molecule has 162 valence electrons. The zero-order valence-corrected chi connectivity index (χ0v) is 18.2. The van der Waals surface area contributed by atoms with Gasteiger partial charge in [-0.15, -0.1) is 4.52 Å². The van der Waals surface area contributed by atoms with Crippen molar-refractivity contribution in [3.63, 3.8) is 0 Å². The lowest BCUT2D eigenvalue weighted by Gasteiger charge is -2.19. The van der Waals surface area contributed by atoms with Crippen molar-refractivity contribution in [1.29, 1.82) is 0 Å². The van der Waals surface area contributed by atoms with E-state index in [1.165, 1.54) is 12.1 Å². The van der Waals surface area contributed by atoms with Crippen LogP contribution in [-0.2, 0) is 20.5 Å². The molecule has 2 N–H and O–H groups in total. The lowest BCUT2D eigenvalue weighted by atomic mass is 9.94. The van der Waals surface area contributed by atoms with Crippen LogP contribution in [0.2, 0.25) is 0 Å². The van der Waals surface area contributed by atoms with Crippen molar-refractivity contribution in [3.8, 4) is 5.75 Å². The number of carboxylic acids is 1. The first-order chi connectivity index (χ1) is 14.2. The van der Waals surface area contributed by atoms with Gasteiger partial charge in [-0.05, 0) is 53.3 Å². The minimum Gasteiger partial charge on any atom is -0.489 e. The Hall–Kier alpha value is -2.34. The molecule has 0 bridgehead atoms. The highest BCUT2D eigenvalue weighted by atomic mass is 31.1. The molecule has 0 fully saturated rings. The molecule has 2 rings (SSSR count). The van der Waals surface area contributed by atoms with Gasteiger partial charge in [0.2, 0.25) is 6.16 Å². The Kier molecular flexibility index (Phi) is 8.90. The molecule has 0 aliphatic heterocycles. The Labute approximate surface area is 176 Å². The minimum absolute atomic E-state index is 0.131. The van der Waals surface area contributed by atoms with Gasteiger partial charge in [0.15, 0.2) is 0 Å². The third-order valence-corrected chi connectivity index (χ3v) is 5.69. The second-order valence-electron chi connectivity index (χ2n) is 7.37. The Bertz CT molecular complexity index is 884. The number of aryl methyl sites for hydroxylation is 2.